The van der Waals surface area contributed by atoms with Crippen molar-refractivity contribution >= 4 is 11.9 Å². The second-order valence-corrected chi connectivity index (χ2v) is 6.00. The first kappa shape index (κ1) is 16.3. The Kier molecular flexibility index (Phi) is 5.06. The highest BCUT2D eigenvalue weighted by Gasteiger charge is 2.45. The van der Waals surface area contributed by atoms with Gasteiger partial charge in [-0.3, -0.25) is 4.79 Å². The van der Waals surface area contributed by atoms with Crippen LogP contribution in [0.4, 0.5) is 0 Å². The summed E-state index contributed by atoms with van der Waals surface area (Å²) in [6.45, 7) is 4.60. The van der Waals surface area contributed by atoms with E-state index in [-0.39, 0.29) is 5.91 Å². The van der Waals surface area contributed by atoms with E-state index in [0.717, 1.165) is 17.7 Å². The second kappa shape index (κ2) is 6.81. The van der Waals surface area contributed by atoms with Crippen molar-refractivity contribution in [2.24, 2.45) is 0 Å². The van der Waals surface area contributed by atoms with Crippen LogP contribution in [0, 0.1) is 6.92 Å². The van der Waals surface area contributed by atoms with Gasteiger partial charge in [0.2, 0.25) is 5.91 Å². The molecule has 1 aromatic rings. The molecule has 0 spiro atoms. The molecule has 1 unspecified atom stereocenters. The van der Waals surface area contributed by atoms with Gasteiger partial charge < -0.3 is 14.7 Å². The van der Waals surface area contributed by atoms with Crippen molar-refractivity contribution in [2.45, 2.75) is 45.1 Å². The third-order valence-electron chi connectivity index (χ3n) is 4.20. The quantitative estimate of drug-likeness (QED) is 0.820. The highest BCUT2D eigenvalue weighted by Crippen LogP contribution is 2.30. The van der Waals surface area contributed by atoms with Crippen LogP contribution in [-0.2, 0) is 9.59 Å². The minimum absolute atomic E-state index is 0.102. The fraction of sp³-hybridized carbons (Fsp3) is 0.529. The monoisotopic (exact) mass is 305 g/mol. The lowest BCUT2D eigenvalue weighted by Gasteiger charge is -2.31. The Balaban J connectivity index is 1.79. The number of ether oxygens (including phenoxy) is 1. The summed E-state index contributed by atoms with van der Waals surface area (Å²) in [4.78, 5) is 25.1. The smallest absolute Gasteiger partial charge is 0.329 e. The van der Waals surface area contributed by atoms with Crippen molar-refractivity contribution in [1.82, 2.24) is 4.90 Å². The molecule has 22 heavy (non-hydrogen) atoms. The number of carbonyl (C=O) groups is 2. The average molecular weight is 305 g/mol. The molecule has 1 atom stereocenters. The van der Waals surface area contributed by atoms with E-state index in [1.54, 1.807) is 6.92 Å². The van der Waals surface area contributed by atoms with E-state index in [2.05, 4.69) is 0 Å². The number of rotatable bonds is 6. The minimum Gasteiger partial charge on any atom is -0.494 e. The largest absolute Gasteiger partial charge is 0.494 e. The number of nitrogens with zero attached hydrogens (tertiary/aromatic N) is 1. The molecule has 0 radical (unpaired) electrons. The van der Waals surface area contributed by atoms with Crippen LogP contribution in [0.5, 0.6) is 5.75 Å². The van der Waals surface area contributed by atoms with E-state index in [1.807, 2.05) is 31.2 Å². The molecule has 5 heteroatoms. The number of amides is 1. The van der Waals surface area contributed by atoms with Crippen LogP contribution in [0.3, 0.4) is 0 Å². The van der Waals surface area contributed by atoms with E-state index in [4.69, 9.17) is 4.74 Å². The lowest BCUT2D eigenvalue weighted by Crippen LogP contribution is -2.50. The van der Waals surface area contributed by atoms with Crippen LogP contribution in [0.15, 0.2) is 24.3 Å². The van der Waals surface area contributed by atoms with Gasteiger partial charge >= 0.3 is 5.97 Å². The Morgan fingerprint density at radius 2 is 2.18 bits per heavy atom. The maximum absolute atomic E-state index is 12.2. The first-order valence-electron chi connectivity index (χ1n) is 7.67. The third-order valence-corrected chi connectivity index (χ3v) is 4.20. The predicted octanol–water partition coefficient (Wildman–Crippen LogP) is 2.62. The van der Waals surface area contributed by atoms with Gasteiger partial charge in [0, 0.05) is 13.0 Å². The van der Waals surface area contributed by atoms with Crippen LogP contribution in [-0.4, -0.2) is 40.6 Å². The van der Waals surface area contributed by atoms with Crippen LogP contribution in [0.2, 0.25) is 0 Å². The molecule has 1 amide bonds. The zero-order valence-electron chi connectivity index (χ0n) is 13.2. The Bertz CT molecular complexity index is 557. The van der Waals surface area contributed by atoms with Crippen LogP contribution in [0.25, 0.3) is 0 Å². The average Bonchev–Trinajstić information content (AvgIpc) is 2.87. The zero-order chi connectivity index (χ0) is 16.2. The lowest BCUT2D eigenvalue weighted by atomic mass is 9.99. The number of carboxylic acid groups (broad SMARTS) is 1. The number of carboxylic acids is 1. The summed E-state index contributed by atoms with van der Waals surface area (Å²) in [6, 6.07) is 7.76. The van der Waals surface area contributed by atoms with Gasteiger partial charge in [0.05, 0.1) is 6.61 Å². The molecule has 1 aliphatic rings. The van der Waals surface area contributed by atoms with Gasteiger partial charge in [-0.1, -0.05) is 12.1 Å². The van der Waals surface area contributed by atoms with Gasteiger partial charge in [-0.2, -0.15) is 0 Å². The number of benzene rings is 1. The van der Waals surface area contributed by atoms with Gasteiger partial charge in [-0.05, 0) is 50.8 Å². The van der Waals surface area contributed by atoms with Gasteiger partial charge in [0.25, 0.3) is 0 Å². The molecule has 0 bridgehead atoms. The Labute approximate surface area is 130 Å². The maximum Gasteiger partial charge on any atom is 0.329 e. The van der Waals surface area contributed by atoms with Gasteiger partial charge in [-0.15, -0.1) is 0 Å². The van der Waals surface area contributed by atoms with Gasteiger partial charge in [0.1, 0.15) is 11.3 Å². The number of aryl methyl sites for hydroxylation is 1. The summed E-state index contributed by atoms with van der Waals surface area (Å²) < 4.78 is 5.61. The normalized spacial score (nSPS) is 20.9. The van der Waals surface area contributed by atoms with Crippen molar-refractivity contribution in [3.05, 3.63) is 29.8 Å². The lowest BCUT2D eigenvalue weighted by molar-refractivity contribution is -0.155. The Morgan fingerprint density at radius 3 is 2.86 bits per heavy atom. The fourth-order valence-electron chi connectivity index (χ4n) is 2.84. The molecule has 0 aliphatic carbocycles. The SMILES string of the molecule is Cc1cccc(OCCCC(=O)N2CCCC2(C)C(=O)O)c1. The molecule has 1 fully saturated rings. The standard InChI is InChI=1S/C17H23NO4/c1-13-6-3-7-14(12-13)22-11-4-8-15(19)18-10-5-9-17(18,2)16(20)21/h3,6-7,12H,4-5,8-11H2,1-2H3,(H,20,21). The van der Waals surface area contributed by atoms with Crippen molar-refractivity contribution in [3.63, 3.8) is 0 Å². The molecular formula is C17H23NO4. The minimum atomic E-state index is -1.05. The molecule has 120 valence electrons. The van der Waals surface area contributed by atoms with Crippen molar-refractivity contribution in [3.8, 4) is 5.75 Å². The van der Waals surface area contributed by atoms with E-state index in [1.165, 1.54) is 4.90 Å². The Hall–Kier alpha value is -2.04. The summed E-state index contributed by atoms with van der Waals surface area (Å²) in [5.41, 5.74) is 0.0805. The van der Waals surface area contributed by atoms with Crippen LogP contribution >= 0.6 is 0 Å². The first-order valence-corrected chi connectivity index (χ1v) is 7.67. The van der Waals surface area contributed by atoms with E-state index in [0.29, 0.717) is 32.4 Å². The maximum atomic E-state index is 12.2. The Morgan fingerprint density at radius 1 is 1.41 bits per heavy atom. The summed E-state index contributed by atoms with van der Waals surface area (Å²) in [6.07, 6.45) is 2.16. The van der Waals surface area contributed by atoms with Gasteiger partial charge in [0.15, 0.2) is 0 Å². The van der Waals surface area contributed by atoms with E-state index >= 15 is 0 Å². The molecule has 1 aliphatic heterocycles. The highest BCUT2D eigenvalue weighted by atomic mass is 16.5. The predicted molar refractivity (Wildman–Crippen MR) is 82.9 cm³/mol. The molecule has 2 rings (SSSR count). The number of hydrogen-bond donors (Lipinski definition) is 1. The van der Waals surface area contributed by atoms with Crippen molar-refractivity contribution in [2.75, 3.05) is 13.2 Å². The van der Waals surface area contributed by atoms with E-state index in [9.17, 15) is 14.7 Å². The second-order valence-electron chi connectivity index (χ2n) is 6.00. The highest BCUT2D eigenvalue weighted by molar-refractivity contribution is 5.87. The number of carbonyl (C=O) groups excluding carboxylic acids is 1. The molecule has 1 heterocycles. The zero-order valence-corrected chi connectivity index (χ0v) is 13.2. The molecule has 1 aromatic carbocycles. The topological polar surface area (TPSA) is 66.8 Å². The van der Waals surface area contributed by atoms with E-state index < -0.39 is 11.5 Å². The van der Waals surface area contributed by atoms with Crippen molar-refractivity contribution in [1.29, 1.82) is 0 Å². The molecular weight excluding hydrogens is 282 g/mol. The number of aliphatic carboxylic acids is 1. The first-order chi connectivity index (χ1) is 10.4. The third kappa shape index (κ3) is 3.59. The number of likely N-dealkylation sites (tertiary alicyclic amines) is 1. The summed E-state index contributed by atoms with van der Waals surface area (Å²) in [5.74, 6) is -0.228. The summed E-state index contributed by atoms with van der Waals surface area (Å²) >= 11 is 0. The molecule has 1 N–H and O–H groups in total. The van der Waals surface area contributed by atoms with Gasteiger partial charge in [-0.25, -0.2) is 4.79 Å². The number of hydrogen-bond acceptors (Lipinski definition) is 3. The molecule has 0 saturated carbocycles. The summed E-state index contributed by atoms with van der Waals surface area (Å²) in [7, 11) is 0. The summed E-state index contributed by atoms with van der Waals surface area (Å²) in [5, 5.41) is 9.32. The molecule has 1 saturated heterocycles. The van der Waals surface area contributed by atoms with Crippen molar-refractivity contribution < 1.29 is 19.4 Å². The fourth-order valence-corrected chi connectivity index (χ4v) is 2.84. The molecule has 0 aromatic heterocycles. The van der Waals surface area contributed by atoms with Crippen LogP contribution < -0.4 is 4.74 Å². The van der Waals surface area contributed by atoms with Crippen LogP contribution in [0.1, 0.15) is 38.2 Å². The molecule has 5 nitrogen and oxygen atoms in total.